The predicted molar refractivity (Wildman–Crippen MR) is 97.1 cm³/mol. The number of Topliss-reactive ketones (excluding diaryl/α,β-unsaturated/α-hetero) is 1. The van der Waals surface area contributed by atoms with Gasteiger partial charge in [-0.3, -0.25) is 19.7 Å². The highest BCUT2D eigenvalue weighted by Crippen LogP contribution is 2.50. The van der Waals surface area contributed by atoms with Gasteiger partial charge in [0.2, 0.25) is 11.8 Å². The van der Waals surface area contributed by atoms with Gasteiger partial charge in [0.1, 0.15) is 5.41 Å². The third kappa shape index (κ3) is 2.37. The summed E-state index contributed by atoms with van der Waals surface area (Å²) < 4.78 is 0.928. The summed E-state index contributed by atoms with van der Waals surface area (Å²) in [6.45, 7) is 5.15. The highest BCUT2D eigenvalue weighted by Gasteiger charge is 2.61. The molecule has 3 heterocycles. The lowest BCUT2D eigenvalue weighted by molar-refractivity contribution is -0.153. The van der Waals surface area contributed by atoms with Crippen molar-refractivity contribution in [2.75, 3.05) is 11.4 Å². The molecule has 0 saturated carbocycles. The molecule has 132 valence electrons. The maximum Gasteiger partial charge on any atom is 0.242 e. The first-order valence-corrected chi connectivity index (χ1v) is 9.55. The van der Waals surface area contributed by atoms with E-state index in [0.29, 0.717) is 12.3 Å². The van der Waals surface area contributed by atoms with Crippen LogP contribution in [0.4, 0.5) is 5.69 Å². The summed E-state index contributed by atoms with van der Waals surface area (Å²) in [5.74, 6) is -0.451. The van der Waals surface area contributed by atoms with Crippen molar-refractivity contribution in [3.05, 3.63) is 28.2 Å². The number of halogens is 1. The minimum Gasteiger partial charge on any atom is -0.366 e. The summed E-state index contributed by atoms with van der Waals surface area (Å²) in [6, 6.07) is 5.87. The van der Waals surface area contributed by atoms with Crippen LogP contribution < -0.4 is 10.2 Å². The molecular weight excluding hydrogens is 384 g/mol. The Balaban J connectivity index is 1.92. The Labute approximate surface area is 155 Å². The molecule has 2 saturated heterocycles. The fourth-order valence-corrected chi connectivity index (χ4v) is 5.57. The first-order valence-electron chi connectivity index (χ1n) is 8.75. The number of benzene rings is 1. The number of hydrogen-bond donors (Lipinski definition) is 1. The number of carbonyl (C=O) groups excluding carboxylic acids is 3. The van der Waals surface area contributed by atoms with Gasteiger partial charge in [-0.25, -0.2) is 0 Å². The number of ketones is 1. The van der Waals surface area contributed by atoms with Gasteiger partial charge in [0, 0.05) is 16.7 Å². The monoisotopic (exact) mass is 404 g/mol. The van der Waals surface area contributed by atoms with Gasteiger partial charge in [0.05, 0.1) is 12.5 Å². The highest BCUT2D eigenvalue weighted by molar-refractivity contribution is 9.10. The summed E-state index contributed by atoms with van der Waals surface area (Å²) >= 11 is 3.50. The summed E-state index contributed by atoms with van der Waals surface area (Å²) in [4.78, 5) is 40.0. The first kappa shape index (κ1) is 16.8. The largest absolute Gasteiger partial charge is 0.366 e. The van der Waals surface area contributed by atoms with Crippen molar-refractivity contribution in [3.63, 3.8) is 0 Å². The van der Waals surface area contributed by atoms with Gasteiger partial charge >= 0.3 is 0 Å². The van der Waals surface area contributed by atoms with Gasteiger partial charge < -0.3 is 4.90 Å². The number of piperidine rings is 2. The molecule has 2 fully saturated rings. The third-order valence-electron chi connectivity index (χ3n) is 5.96. The second-order valence-corrected chi connectivity index (χ2v) is 8.73. The molecule has 25 heavy (non-hydrogen) atoms. The van der Waals surface area contributed by atoms with Crippen molar-refractivity contribution >= 4 is 39.2 Å². The Morgan fingerprint density at radius 1 is 1.24 bits per heavy atom. The van der Waals surface area contributed by atoms with E-state index in [4.69, 9.17) is 0 Å². The number of nitrogens with zero attached hydrogens (tertiary/aromatic N) is 1. The van der Waals surface area contributed by atoms with E-state index in [1.54, 1.807) is 0 Å². The highest BCUT2D eigenvalue weighted by atomic mass is 79.9. The van der Waals surface area contributed by atoms with E-state index in [1.165, 1.54) is 0 Å². The van der Waals surface area contributed by atoms with Crippen molar-refractivity contribution in [1.82, 2.24) is 5.32 Å². The lowest BCUT2D eigenvalue weighted by Gasteiger charge is -2.56. The summed E-state index contributed by atoms with van der Waals surface area (Å²) in [7, 11) is 0. The third-order valence-corrected chi connectivity index (χ3v) is 6.45. The second kappa shape index (κ2) is 5.66. The minimum absolute atomic E-state index is 0.196. The van der Waals surface area contributed by atoms with Crippen molar-refractivity contribution in [3.8, 4) is 0 Å². The molecule has 4 rings (SSSR count). The first-order chi connectivity index (χ1) is 11.8. The fourth-order valence-electron chi connectivity index (χ4n) is 5.17. The molecule has 5 nitrogen and oxygen atoms in total. The van der Waals surface area contributed by atoms with E-state index in [1.807, 2.05) is 12.1 Å². The number of rotatable bonds is 0. The van der Waals surface area contributed by atoms with E-state index in [-0.39, 0.29) is 24.2 Å². The lowest BCUT2D eigenvalue weighted by Crippen LogP contribution is -2.70. The number of hydrogen-bond acceptors (Lipinski definition) is 4. The van der Waals surface area contributed by atoms with E-state index < -0.39 is 17.2 Å². The Bertz CT molecular complexity index is 771. The maximum absolute atomic E-state index is 13.0. The molecule has 1 aromatic carbocycles. The van der Waals surface area contributed by atoms with Crippen LogP contribution in [0.3, 0.4) is 0 Å². The normalized spacial score (nSPS) is 34.6. The lowest BCUT2D eigenvalue weighted by atomic mass is 9.60. The molecule has 1 N–H and O–H groups in total. The Morgan fingerprint density at radius 3 is 2.72 bits per heavy atom. The zero-order valence-corrected chi connectivity index (χ0v) is 15.9. The van der Waals surface area contributed by atoms with Crippen LogP contribution in [0, 0.1) is 17.3 Å². The Hall–Kier alpha value is -1.69. The van der Waals surface area contributed by atoms with E-state index in [9.17, 15) is 14.4 Å². The zero-order chi connectivity index (χ0) is 17.9. The number of anilines is 1. The molecule has 3 aliphatic rings. The van der Waals surface area contributed by atoms with Crippen LogP contribution in [0.5, 0.6) is 0 Å². The fraction of sp³-hybridized carbons (Fsp3) is 0.526. The number of fused-ring (bicyclic) bond motifs is 4. The van der Waals surface area contributed by atoms with Crippen LogP contribution in [0.1, 0.15) is 32.3 Å². The van der Waals surface area contributed by atoms with E-state index in [0.717, 1.165) is 28.7 Å². The summed E-state index contributed by atoms with van der Waals surface area (Å²) in [6.07, 6.45) is 1.13. The molecule has 1 spiro atoms. The quantitative estimate of drug-likeness (QED) is 0.532. The summed E-state index contributed by atoms with van der Waals surface area (Å²) in [5.41, 5.74) is 0.931. The average Bonchev–Trinajstić information content (AvgIpc) is 2.51. The SMILES string of the molecule is CC1CC(C)C2N(C1)c1ccc(Br)cc1C[C@@]21C(=O)CC(=O)NC1=O. The van der Waals surface area contributed by atoms with Gasteiger partial charge in [0.15, 0.2) is 5.78 Å². The Morgan fingerprint density at radius 2 is 2.00 bits per heavy atom. The molecule has 3 unspecified atom stereocenters. The molecule has 0 aliphatic carbocycles. The molecule has 0 aromatic heterocycles. The predicted octanol–water partition coefficient (Wildman–Crippen LogP) is 2.46. The number of nitrogens with one attached hydrogen (secondary N) is 1. The standard InChI is InChI=1S/C19H21BrN2O3/c1-10-5-11(2)17-19(15(23)7-16(24)21-18(19)25)8-12-6-13(20)3-4-14(12)22(17)9-10/h3-4,6,10-11,17H,5,7-9H2,1-2H3,(H,21,24,25)/t10?,11?,17?,19-/m1/s1. The van der Waals surface area contributed by atoms with Crippen molar-refractivity contribution in [2.24, 2.45) is 17.3 Å². The molecule has 4 atom stereocenters. The van der Waals surface area contributed by atoms with Crippen LogP contribution in [0.2, 0.25) is 0 Å². The number of amides is 2. The van der Waals surface area contributed by atoms with Crippen molar-refractivity contribution in [2.45, 2.75) is 39.2 Å². The van der Waals surface area contributed by atoms with Gasteiger partial charge in [-0.2, -0.15) is 0 Å². The Kier molecular flexibility index (Phi) is 3.79. The van der Waals surface area contributed by atoms with Crippen molar-refractivity contribution < 1.29 is 14.4 Å². The van der Waals surface area contributed by atoms with Crippen LogP contribution in [-0.4, -0.2) is 30.2 Å². The van der Waals surface area contributed by atoms with Crippen LogP contribution in [0.15, 0.2) is 22.7 Å². The molecule has 0 bridgehead atoms. The zero-order valence-electron chi connectivity index (χ0n) is 14.3. The summed E-state index contributed by atoms with van der Waals surface area (Å²) in [5, 5.41) is 2.44. The molecule has 0 radical (unpaired) electrons. The molecule has 6 heteroatoms. The molecule has 1 aromatic rings. The van der Waals surface area contributed by atoms with E-state index >= 15 is 0 Å². The average molecular weight is 405 g/mol. The second-order valence-electron chi connectivity index (χ2n) is 7.81. The van der Waals surface area contributed by atoms with Crippen molar-refractivity contribution in [1.29, 1.82) is 0 Å². The van der Waals surface area contributed by atoms with Gasteiger partial charge in [-0.1, -0.05) is 29.8 Å². The smallest absolute Gasteiger partial charge is 0.242 e. The van der Waals surface area contributed by atoms with E-state index in [2.05, 4.69) is 46.1 Å². The molecule has 3 aliphatic heterocycles. The van der Waals surface area contributed by atoms with Crippen LogP contribution >= 0.6 is 15.9 Å². The van der Waals surface area contributed by atoms with Crippen LogP contribution in [0.25, 0.3) is 0 Å². The maximum atomic E-state index is 13.0. The number of imide groups is 1. The minimum atomic E-state index is -1.17. The molecule has 2 amide bonds. The van der Waals surface area contributed by atoms with Gasteiger partial charge in [0.25, 0.3) is 0 Å². The van der Waals surface area contributed by atoms with Crippen LogP contribution in [-0.2, 0) is 20.8 Å². The van der Waals surface area contributed by atoms with Gasteiger partial charge in [-0.05, 0) is 48.4 Å². The topological polar surface area (TPSA) is 66.5 Å². The number of carbonyl (C=O) groups is 3. The van der Waals surface area contributed by atoms with Gasteiger partial charge in [-0.15, -0.1) is 0 Å². The molecular formula is C19H21BrN2O3.